The van der Waals surface area contributed by atoms with E-state index in [1.165, 1.54) is 0 Å². The Morgan fingerprint density at radius 1 is 0.926 bits per heavy atom. The van der Waals surface area contributed by atoms with E-state index in [0.29, 0.717) is 25.6 Å². The number of carbonyl (C=O) groups is 2. The van der Waals surface area contributed by atoms with E-state index in [1.807, 2.05) is 40.1 Å². The van der Waals surface area contributed by atoms with E-state index >= 15 is 0 Å². The molecule has 0 radical (unpaired) electrons. The number of piperidine rings is 1. The van der Waals surface area contributed by atoms with E-state index < -0.39 is 0 Å². The first-order valence-electron chi connectivity index (χ1n) is 10.1. The van der Waals surface area contributed by atoms with Crippen LogP contribution in [0.4, 0.5) is 0 Å². The Morgan fingerprint density at radius 2 is 1.59 bits per heavy atom. The number of amides is 2. The molecule has 0 aliphatic carbocycles. The standard InChI is InChI=1S/C21H29N3O3/c25-20(14-17-4-2-1-3-5-17)23-8-6-18(7-9-23)21(26)24-15-19(16-24)22-10-12-27-13-11-22/h1-5,18-19H,6-16H2. The van der Waals surface area contributed by atoms with Crippen molar-refractivity contribution in [2.75, 3.05) is 52.5 Å². The number of morpholine rings is 1. The van der Waals surface area contributed by atoms with Crippen LogP contribution < -0.4 is 0 Å². The van der Waals surface area contributed by atoms with Crippen molar-refractivity contribution in [1.82, 2.24) is 14.7 Å². The molecule has 3 saturated heterocycles. The highest BCUT2D eigenvalue weighted by Crippen LogP contribution is 2.25. The third kappa shape index (κ3) is 4.33. The van der Waals surface area contributed by atoms with Gasteiger partial charge in [0.05, 0.1) is 19.6 Å². The Balaban J connectivity index is 1.20. The summed E-state index contributed by atoms with van der Waals surface area (Å²) in [5, 5.41) is 0. The van der Waals surface area contributed by atoms with Crippen LogP contribution in [0.1, 0.15) is 18.4 Å². The average Bonchev–Trinajstić information content (AvgIpc) is 2.68. The normalized spacial score (nSPS) is 22.5. The lowest BCUT2D eigenvalue weighted by Gasteiger charge is -2.48. The van der Waals surface area contributed by atoms with Gasteiger partial charge in [-0.25, -0.2) is 0 Å². The zero-order chi connectivity index (χ0) is 18.6. The van der Waals surface area contributed by atoms with Crippen LogP contribution in [0.3, 0.4) is 0 Å². The highest BCUT2D eigenvalue weighted by atomic mass is 16.5. The Morgan fingerprint density at radius 3 is 2.26 bits per heavy atom. The maximum absolute atomic E-state index is 12.8. The van der Waals surface area contributed by atoms with Crippen LogP contribution in [0.25, 0.3) is 0 Å². The quantitative estimate of drug-likeness (QED) is 0.793. The fourth-order valence-corrected chi connectivity index (χ4v) is 4.33. The lowest BCUT2D eigenvalue weighted by Crippen LogP contribution is -2.64. The molecule has 0 unspecified atom stereocenters. The van der Waals surface area contributed by atoms with Crippen molar-refractivity contribution in [2.24, 2.45) is 5.92 Å². The summed E-state index contributed by atoms with van der Waals surface area (Å²) in [7, 11) is 0. The maximum Gasteiger partial charge on any atom is 0.226 e. The zero-order valence-corrected chi connectivity index (χ0v) is 15.9. The van der Waals surface area contributed by atoms with Crippen LogP contribution in [0.5, 0.6) is 0 Å². The minimum absolute atomic E-state index is 0.0800. The Bertz CT molecular complexity index is 646. The van der Waals surface area contributed by atoms with Crippen molar-refractivity contribution in [3.63, 3.8) is 0 Å². The van der Waals surface area contributed by atoms with Crippen molar-refractivity contribution in [3.8, 4) is 0 Å². The summed E-state index contributed by atoms with van der Waals surface area (Å²) in [5.74, 6) is 0.537. The van der Waals surface area contributed by atoms with Crippen LogP contribution in [-0.4, -0.2) is 85.0 Å². The van der Waals surface area contributed by atoms with Gasteiger partial charge in [0.25, 0.3) is 0 Å². The summed E-state index contributed by atoms with van der Waals surface area (Å²) in [6.07, 6.45) is 2.03. The van der Waals surface area contributed by atoms with Gasteiger partial charge in [-0.1, -0.05) is 30.3 Å². The number of likely N-dealkylation sites (tertiary alicyclic amines) is 2. The predicted molar refractivity (Wildman–Crippen MR) is 102 cm³/mol. The summed E-state index contributed by atoms with van der Waals surface area (Å²) in [6, 6.07) is 10.4. The van der Waals surface area contributed by atoms with Gasteiger partial charge in [-0.3, -0.25) is 14.5 Å². The van der Waals surface area contributed by atoms with Crippen molar-refractivity contribution in [1.29, 1.82) is 0 Å². The van der Waals surface area contributed by atoms with Crippen molar-refractivity contribution < 1.29 is 14.3 Å². The molecule has 0 aromatic heterocycles. The second kappa shape index (κ2) is 8.40. The fraction of sp³-hybridized carbons (Fsp3) is 0.619. The summed E-state index contributed by atoms with van der Waals surface area (Å²) < 4.78 is 5.40. The summed E-state index contributed by atoms with van der Waals surface area (Å²) >= 11 is 0. The number of nitrogens with zero attached hydrogens (tertiary/aromatic N) is 3. The van der Waals surface area contributed by atoms with E-state index in [-0.39, 0.29) is 17.7 Å². The predicted octanol–water partition coefficient (Wildman–Crippen LogP) is 1.01. The van der Waals surface area contributed by atoms with Gasteiger partial charge in [0.1, 0.15) is 0 Å². The molecular weight excluding hydrogens is 342 g/mol. The molecule has 3 aliphatic heterocycles. The van der Waals surface area contributed by atoms with Crippen LogP contribution in [-0.2, 0) is 20.7 Å². The molecule has 146 valence electrons. The van der Waals surface area contributed by atoms with Gasteiger partial charge in [0.15, 0.2) is 0 Å². The molecule has 3 fully saturated rings. The van der Waals surface area contributed by atoms with Gasteiger partial charge in [0, 0.05) is 51.2 Å². The van der Waals surface area contributed by atoms with Crippen molar-refractivity contribution in [3.05, 3.63) is 35.9 Å². The van der Waals surface area contributed by atoms with E-state index in [1.54, 1.807) is 0 Å². The maximum atomic E-state index is 12.8. The molecule has 3 aliphatic rings. The van der Waals surface area contributed by atoms with Gasteiger partial charge in [-0.05, 0) is 18.4 Å². The molecule has 0 bridgehead atoms. The number of hydrogen-bond donors (Lipinski definition) is 0. The Hall–Kier alpha value is -1.92. The number of ether oxygens (including phenoxy) is 1. The fourth-order valence-electron chi connectivity index (χ4n) is 4.33. The van der Waals surface area contributed by atoms with Gasteiger partial charge in [-0.15, -0.1) is 0 Å². The molecule has 1 aromatic rings. The SMILES string of the molecule is O=C(Cc1ccccc1)N1CCC(C(=O)N2CC(N3CCOCC3)C2)CC1. The van der Waals surface area contributed by atoms with Crippen LogP contribution in [0.2, 0.25) is 0 Å². The molecule has 4 rings (SSSR count). The summed E-state index contributed by atoms with van der Waals surface area (Å²) in [4.78, 5) is 31.6. The smallest absolute Gasteiger partial charge is 0.226 e. The lowest BCUT2D eigenvalue weighted by atomic mass is 9.92. The van der Waals surface area contributed by atoms with E-state index in [0.717, 1.165) is 57.8 Å². The van der Waals surface area contributed by atoms with Crippen LogP contribution >= 0.6 is 0 Å². The lowest BCUT2D eigenvalue weighted by molar-refractivity contribution is -0.147. The highest BCUT2D eigenvalue weighted by Gasteiger charge is 2.38. The molecular formula is C21H29N3O3. The second-order valence-electron chi connectivity index (χ2n) is 7.86. The summed E-state index contributed by atoms with van der Waals surface area (Å²) in [6.45, 7) is 6.67. The third-order valence-electron chi connectivity index (χ3n) is 6.13. The number of carbonyl (C=O) groups excluding carboxylic acids is 2. The molecule has 3 heterocycles. The molecule has 6 nitrogen and oxygen atoms in total. The van der Waals surface area contributed by atoms with Crippen LogP contribution in [0, 0.1) is 5.92 Å². The van der Waals surface area contributed by atoms with Crippen molar-refractivity contribution in [2.45, 2.75) is 25.3 Å². The Kier molecular flexibility index (Phi) is 5.74. The first-order chi connectivity index (χ1) is 13.2. The highest BCUT2D eigenvalue weighted by molar-refractivity contribution is 5.81. The monoisotopic (exact) mass is 371 g/mol. The van der Waals surface area contributed by atoms with Gasteiger partial charge in [0.2, 0.25) is 11.8 Å². The molecule has 0 spiro atoms. The van der Waals surface area contributed by atoms with E-state index in [4.69, 9.17) is 4.74 Å². The van der Waals surface area contributed by atoms with Gasteiger partial charge < -0.3 is 14.5 Å². The third-order valence-corrected chi connectivity index (χ3v) is 6.13. The molecule has 0 saturated carbocycles. The number of rotatable bonds is 4. The molecule has 27 heavy (non-hydrogen) atoms. The largest absolute Gasteiger partial charge is 0.379 e. The topological polar surface area (TPSA) is 53.1 Å². The first-order valence-corrected chi connectivity index (χ1v) is 10.1. The molecule has 0 N–H and O–H groups in total. The van der Waals surface area contributed by atoms with E-state index in [2.05, 4.69) is 4.90 Å². The number of benzene rings is 1. The zero-order valence-electron chi connectivity index (χ0n) is 15.9. The summed E-state index contributed by atoms with van der Waals surface area (Å²) in [5.41, 5.74) is 1.05. The Labute approximate surface area is 161 Å². The van der Waals surface area contributed by atoms with Crippen molar-refractivity contribution >= 4 is 11.8 Å². The second-order valence-corrected chi connectivity index (χ2v) is 7.86. The van der Waals surface area contributed by atoms with Gasteiger partial charge >= 0.3 is 0 Å². The van der Waals surface area contributed by atoms with Gasteiger partial charge in [-0.2, -0.15) is 0 Å². The first kappa shape index (κ1) is 18.4. The molecule has 2 amide bonds. The molecule has 0 atom stereocenters. The number of hydrogen-bond acceptors (Lipinski definition) is 4. The minimum Gasteiger partial charge on any atom is -0.379 e. The molecule has 1 aromatic carbocycles. The van der Waals surface area contributed by atoms with Crippen LogP contribution in [0.15, 0.2) is 30.3 Å². The van der Waals surface area contributed by atoms with E-state index in [9.17, 15) is 9.59 Å². The molecule has 6 heteroatoms. The average molecular weight is 371 g/mol. The minimum atomic E-state index is 0.0800.